The minimum Gasteiger partial charge on any atom is -0.497 e. The minimum absolute atomic E-state index is 0.149. The van der Waals surface area contributed by atoms with Gasteiger partial charge in [0.05, 0.1) is 13.2 Å². The molecular weight excluding hydrogens is 222 g/mol. The van der Waals surface area contributed by atoms with Crippen molar-refractivity contribution in [3.05, 3.63) is 65.7 Å². The van der Waals surface area contributed by atoms with Crippen LogP contribution in [0.15, 0.2) is 59.6 Å². The molecule has 2 heteroatoms. The van der Waals surface area contributed by atoms with E-state index >= 15 is 0 Å². The highest BCUT2D eigenvalue weighted by Gasteiger charge is 2.02. The van der Waals surface area contributed by atoms with E-state index in [4.69, 9.17) is 4.74 Å². The van der Waals surface area contributed by atoms with Crippen LogP contribution in [0.5, 0.6) is 5.75 Å². The third-order valence-corrected chi connectivity index (χ3v) is 2.84. The second kappa shape index (κ2) is 6.01. The maximum absolute atomic E-state index is 5.14. The van der Waals surface area contributed by atoms with Gasteiger partial charge in [-0.15, -0.1) is 0 Å². The second-order valence-corrected chi connectivity index (χ2v) is 4.14. The van der Waals surface area contributed by atoms with Crippen LogP contribution < -0.4 is 4.74 Å². The first-order valence-electron chi connectivity index (χ1n) is 6.02. The van der Waals surface area contributed by atoms with Gasteiger partial charge >= 0.3 is 0 Å². The Morgan fingerprint density at radius 3 is 2.28 bits per heavy atom. The van der Waals surface area contributed by atoms with Crippen molar-refractivity contribution in [2.75, 3.05) is 7.11 Å². The molecule has 0 aliphatic heterocycles. The molecule has 0 aliphatic rings. The van der Waals surface area contributed by atoms with Crippen molar-refractivity contribution in [2.24, 2.45) is 4.99 Å². The zero-order valence-electron chi connectivity index (χ0n) is 10.7. The summed E-state index contributed by atoms with van der Waals surface area (Å²) in [7, 11) is 1.67. The van der Waals surface area contributed by atoms with Crippen molar-refractivity contribution < 1.29 is 4.74 Å². The molecule has 0 aliphatic carbocycles. The lowest BCUT2D eigenvalue weighted by Gasteiger charge is -2.07. The lowest BCUT2D eigenvalue weighted by Crippen LogP contribution is -1.91. The van der Waals surface area contributed by atoms with Gasteiger partial charge in [0.15, 0.2) is 0 Å². The molecular formula is C16H17NO. The van der Waals surface area contributed by atoms with E-state index in [2.05, 4.69) is 11.9 Å². The largest absolute Gasteiger partial charge is 0.497 e. The van der Waals surface area contributed by atoms with Crippen LogP contribution >= 0.6 is 0 Å². The SMILES string of the molecule is COc1ccc([C@H](C)N=Cc2ccccc2)cc1. The maximum Gasteiger partial charge on any atom is 0.118 e. The molecule has 2 nitrogen and oxygen atoms in total. The fraction of sp³-hybridized carbons (Fsp3) is 0.188. The van der Waals surface area contributed by atoms with E-state index in [-0.39, 0.29) is 6.04 Å². The van der Waals surface area contributed by atoms with E-state index in [1.807, 2.05) is 60.8 Å². The van der Waals surface area contributed by atoms with Crippen LogP contribution in [0.2, 0.25) is 0 Å². The van der Waals surface area contributed by atoms with E-state index in [0.29, 0.717) is 0 Å². The Hall–Kier alpha value is -2.09. The van der Waals surface area contributed by atoms with E-state index in [1.165, 1.54) is 5.56 Å². The van der Waals surface area contributed by atoms with Crippen molar-refractivity contribution in [1.29, 1.82) is 0 Å². The Kier molecular flexibility index (Phi) is 4.13. The smallest absolute Gasteiger partial charge is 0.118 e. The van der Waals surface area contributed by atoms with Crippen LogP contribution in [0.1, 0.15) is 24.1 Å². The summed E-state index contributed by atoms with van der Waals surface area (Å²) >= 11 is 0. The summed E-state index contributed by atoms with van der Waals surface area (Å²) in [6.45, 7) is 2.08. The maximum atomic E-state index is 5.14. The number of rotatable bonds is 4. The second-order valence-electron chi connectivity index (χ2n) is 4.14. The van der Waals surface area contributed by atoms with Gasteiger partial charge in [-0.05, 0) is 30.2 Å². The van der Waals surface area contributed by atoms with Crippen molar-refractivity contribution in [1.82, 2.24) is 0 Å². The molecule has 0 bridgehead atoms. The number of hydrogen-bond donors (Lipinski definition) is 0. The van der Waals surface area contributed by atoms with E-state index in [0.717, 1.165) is 11.3 Å². The molecule has 0 amide bonds. The summed E-state index contributed by atoms with van der Waals surface area (Å²) in [6.07, 6.45) is 1.91. The molecule has 0 heterocycles. The lowest BCUT2D eigenvalue weighted by atomic mass is 10.1. The molecule has 0 fully saturated rings. The highest BCUT2D eigenvalue weighted by Crippen LogP contribution is 2.19. The first kappa shape index (κ1) is 12.4. The Morgan fingerprint density at radius 2 is 1.67 bits per heavy atom. The molecule has 0 saturated heterocycles. The first-order valence-corrected chi connectivity index (χ1v) is 6.02. The quantitative estimate of drug-likeness (QED) is 0.742. The number of nitrogens with zero attached hydrogens (tertiary/aromatic N) is 1. The molecule has 92 valence electrons. The monoisotopic (exact) mass is 239 g/mol. The van der Waals surface area contributed by atoms with Crippen molar-refractivity contribution in [3.8, 4) is 5.75 Å². The first-order chi connectivity index (χ1) is 8.79. The fourth-order valence-corrected chi connectivity index (χ4v) is 1.71. The standard InChI is InChI=1S/C16H17NO/c1-13(15-8-10-16(18-2)11-9-15)17-12-14-6-4-3-5-7-14/h3-13H,1-2H3/t13-/m0/s1. The predicted molar refractivity (Wildman–Crippen MR) is 75.4 cm³/mol. The van der Waals surface area contributed by atoms with Gasteiger partial charge in [-0.2, -0.15) is 0 Å². The topological polar surface area (TPSA) is 21.6 Å². The molecule has 0 saturated carbocycles. The van der Waals surface area contributed by atoms with Crippen LogP contribution in [0.4, 0.5) is 0 Å². The van der Waals surface area contributed by atoms with Crippen molar-refractivity contribution in [3.63, 3.8) is 0 Å². The highest BCUT2D eigenvalue weighted by molar-refractivity contribution is 5.79. The molecule has 0 N–H and O–H groups in total. The number of methoxy groups -OCH3 is 1. The summed E-state index contributed by atoms with van der Waals surface area (Å²) in [5.41, 5.74) is 2.31. The van der Waals surface area contributed by atoms with E-state index in [1.54, 1.807) is 7.11 Å². The van der Waals surface area contributed by atoms with Gasteiger partial charge in [-0.25, -0.2) is 0 Å². The normalized spacial score (nSPS) is 12.6. The highest BCUT2D eigenvalue weighted by atomic mass is 16.5. The summed E-state index contributed by atoms with van der Waals surface area (Å²) in [5.74, 6) is 0.873. The Balaban J connectivity index is 2.07. The Morgan fingerprint density at radius 1 is 1.00 bits per heavy atom. The van der Waals surface area contributed by atoms with Gasteiger partial charge in [0.2, 0.25) is 0 Å². The van der Waals surface area contributed by atoms with Gasteiger partial charge in [-0.3, -0.25) is 4.99 Å². The van der Waals surface area contributed by atoms with Crippen LogP contribution in [-0.4, -0.2) is 13.3 Å². The summed E-state index contributed by atoms with van der Waals surface area (Å²) in [6, 6.07) is 18.3. The molecule has 0 radical (unpaired) electrons. The van der Waals surface area contributed by atoms with Gasteiger partial charge < -0.3 is 4.74 Å². The zero-order valence-corrected chi connectivity index (χ0v) is 10.7. The number of ether oxygens (including phenoxy) is 1. The third-order valence-electron chi connectivity index (χ3n) is 2.84. The number of aliphatic imine (C=N–C) groups is 1. The van der Waals surface area contributed by atoms with Crippen LogP contribution in [0.25, 0.3) is 0 Å². The molecule has 2 aromatic rings. The van der Waals surface area contributed by atoms with Gasteiger partial charge in [0.1, 0.15) is 5.75 Å². The zero-order chi connectivity index (χ0) is 12.8. The lowest BCUT2D eigenvalue weighted by molar-refractivity contribution is 0.414. The molecule has 0 aromatic heterocycles. The molecule has 0 unspecified atom stereocenters. The molecule has 2 aromatic carbocycles. The van der Waals surface area contributed by atoms with Crippen LogP contribution in [-0.2, 0) is 0 Å². The average molecular weight is 239 g/mol. The Labute approximate surface area is 108 Å². The summed E-state index contributed by atoms with van der Waals surface area (Å²) < 4.78 is 5.14. The van der Waals surface area contributed by atoms with Crippen molar-refractivity contribution in [2.45, 2.75) is 13.0 Å². The predicted octanol–water partition coefficient (Wildman–Crippen LogP) is 3.88. The van der Waals surface area contributed by atoms with Gasteiger partial charge in [0.25, 0.3) is 0 Å². The van der Waals surface area contributed by atoms with Crippen LogP contribution in [0, 0.1) is 0 Å². The van der Waals surface area contributed by atoms with E-state index < -0.39 is 0 Å². The molecule has 2 rings (SSSR count). The number of benzene rings is 2. The van der Waals surface area contributed by atoms with Gasteiger partial charge in [0, 0.05) is 6.21 Å². The molecule has 18 heavy (non-hydrogen) atoms. The third kappa shape index (κ3) is 3.20. The summed E-state index contributed by atoms with van der Waals surface area (Å²) in [5, 5.41) is 0. The van der Waals surface area contributed by atoms with Gasteiger partial charge in [-0.1, -0.05) is 42.5 Å². The molecule has 0 spiro atoms. The molecule has 1 atom stereocenters. The van der Waals surface area contributed by atoms with Crippen LogP contribution in [0.3, 0.4) is 0 Å². The summed E-state index contributed by atoms with van der Waals surface area (Å²) in [4.78, 5) is 4.55. The number of hydrogen-bond acceptors (Lipinski definition) is 2. The van der Waals surface area contributed by atoms with Crippen molar-refractivity contribution >= 4 is 6.21 Å². The average Bonchev–Trinajstić information content (AvgIpc) is 2.46. The fourth-order valence-electron chi connectivity index (χ4n) is 1.71. The minimum atomic E-state index is 0.149. The van der Waals surface area contributed by atoms with E-state index in [9.17, 15) is 0 Å². The Bertz CT molecular complexity index is 502.